The van der Waals surface area contributed by atoms with Crippen molar-refractivity contribution in [2.75, 3.05) is 45.8 Å². The van der Waals surface area contributed by atoms with E-state index in [1.54, 1.807) is 63.5 Å². The minimum Gasteiger partial charge on any atom is -0.444 e. The number of amides is 8. The topological polar surface area (TPSA) is 208 Å². The van der Waals surface area contributed by atoms with Crippen LogP contribution < -0.4 is 26.6 Å². The van der Waals surface area contributed by atoms with Crippen LogP contribution in [0.2, 0.25) is 0 Å². The van der Waals surface area contributed by atoms with Crippen LogP contribution in [0.25, 0.3) is 0 Å². The van der Waals surface area contributed by atoms with E-state index >= 15 is 0 Å². The molecule has 8 amide bonds. The van der Waals surface area contributed by atoms with Crippen LogP contribution >= 0.6 is 0 Å². The van der Waals surface area contributed by atoms with Crippen LogP contribution in [0.3, 0.4) is 0 Å². The van der Waals surface area contributed by atoms with Crippen LogP contribution in [0, 0.1) is 11.3 Å². The standard InChI is InChI=1S/C51H74F2N8O9/c1-34(2)27-38(56-42(63)39(28-35-17-11-9-12-18-35)57-43(64)40(29-36-19-13-10-14-20-36)58-46(67)70-49(6,7)8)41(62)55-37(21-15-16-24-54-45(66)69-48(3,4)5)44(65)59-25-22-50(23-26-59)30-60(31-50)47(68)61-32-51(52,53)33-61/h9-14,17-20,34,37-40H,15-16,21-33H2,1-8H3,(H,54,66)(H,55,62)(H,56,63)(H,57,64)(H,58,67)/t37-,38-,39-,40-/m1/s1. The lowest BCUT2D eigenvalue weighted by Gasteiger charge is -2.55. The van der Waals surface area contributed by atoms with Crippen molar-refractivity contribution in [1.82, 2.24) is 41.3 Å². The Hall–Kier alpha value is -6.01. The maximum absolute atomic E-state index is 14.5. The third kappa shape index (κ3) is 17.1. The number of likely N-dealkylation sites (tertiary alicyclic amines) is 3. The Labute approximate surface area is 410 Å². The second kappa shape index (κ2) is 23.7. The number of nitrogens with zero attached hydrogens (tertiary/aromatic N) is 3. The van der Waals surface area contributed by atoms with E-state index in [9.17, 15) is 42.3 Å². The molecule has 17 nitrogen and oxygen atoms in total. The maximum Gasteiger partial charge on any atom is 0.408 e. The van der Waals surface area contributed by atoms with Gasteiger partial charge in [0.2, 0.25) is 23.6 Å². The normalized spacial score (nSPS) is 18.0. The van der Waals surface area contributed by atoms with E-state index < -0.39 is 90.3 Å². The molecule has 1 spiro atoms. The number of alkyl carbamates (subject to hydrolysis) is 2. The Kier molecular flexibility index (Phi) is 18.6. The van der Waals surface area contributed by atoms with E-state index in [4.69, 9.17) is 9.47 Å². The number of urea groups is 1. The lowest BCUT2D eigenvalue weighted by molar-refractivity contribution is -0.142. The molecule has 386 valence electrons. The highest BCUT2D eigenvalue weighted by atomic mass is 19.3. The first-order valence-electron chi connectivity index (χ1n) is 24.5. The number of carbonyl (C=O) groups is 7. The van der Waals surface area contributed by atoms with E-state index in [2.05, 4.69) is 26.6 Å². The molecule has 4 atom stereocenters. The van der Waals surface area contributed by atoms with E-state index in [0.717, 1.165) is 16.0 Å². The number of ether oxygens (including phenoxy) is 2. The van der Waals surface area contributed by atoms with Crippen molar-refractivity contribution in [3.05, 3.63) is 71.8 Å². The van der Waals surface area contributed by atoms with Crippen molar-refractivity contribution in [3.8, 4) is 0 Å². The van der Waals surface area contributed by atoms with Gasteiger partial charge in [0.15, 0.2) is 0 Å². The molecule has 0 saturated carbocycles. The number of unbranched alkanes of at least 4 members (excludes halogenated alkanes) is 1. The number of hydrogen-bond acceptors (Lipinski definition) is 9. The quantitative estimate of drug-likeness (QED) is 0.112. The Morgan fingerprint density at radius 2 is 1.06 bits per heavy atom. The monoisotopic (exact) mass is 981 g/mol. The number of alkyl halides is 2. The molecule has 0 aliphatic carbocycles. The first kappa shape index (κ1) is 54.9. The van der Waals surface area contributed by atoms with Crippen molar-refractivity contribution in [2.24, 2.45) is 11.3 Å². The number of piperidine rings is 1. The van der Waals surface area contributed by atoms with Gasteiger partial charge in [0.05, 0.1) is 13.1 Å². The smallest absolute Gasteiger partial charge is 0.408 e. The van der Waals surface area contributed by atoms with Gasteiger partial charge in [0, 0.05) is 51.0 Å². The summed E-state index contributed by atoms with van der Waals surface area (Å²) in [5.74, 6) is -5.16. The molecule has 0 radical (unpaired) electrons. The molecular formula is C51H74F2N8O9. The van der Waals surface area contributed by atoms with Gasteiger partial charge in [-0.25, -0.2) is 23.2 Å². The lowest BCUT2D eigenvalue weighted by atomic mass is 9.72. The first-order chi connectivity index (χ1) is 32.8. The van der Waals surface area contributed by atoms with Gasteiger partial charge in [-0.15, -0.1) is 0 Å². The zero-order chi connectivity index (χ0) is 51.4. The highest BCUT2D eigenvalue weighted by Crippen LogP contribution is 2.42. The van der Waals surface area contributed by atoms with E-state index in [-0.39, 0.29) is 49.5 Å². The molecule has 0 unspecified atom stereocenters. The van der Waals surface area contributed by atoms with Gasteiger partial charge in [-0.1, -0.05) is 74.5 Å². The molecule has 0 aromatic heterocycles. The molecule has 19 heteroatoms. The zero-order valence-electron chi connectivity index (χ0n) is 42.0. The summed E-state index contributed by atoms with van der Waals surface area (Å²) in [7, 11) is 0. The number of hydrogen-bond donors (Lipinski definition) is 5. The number of carbonyl (C=O) groups excluding carboxylic acids is 7. The minimum absolute atomic E-state index is 0.0495. The molecule has 0 bridgehead atoms. The summed E-state index contributed by atoms with van der Waals surface area (Å²) in [6.07, 6.45) is 1.23. The SMILES string of the molecule is CC(C)C[C@@H](NC(=O)[C@@H](Cc1ccccc1)NC(=O)[C@@H](Cc1ccccc1)NC(=O)OC(C)(C)C)C(=O)N[C@H](CCCCNC(=O)OC(C)(C)C)C(=O)N1CCC2(CC1)CN(C(=O)N1CC(F)(F)C1)C2. The van der Waals surface area contributed by atoms with Crippen molar-refractivity contribution in [2.45, 2.75) is 148 Å². The highest BCUT2D eigenvalue weighted by Gasteiger charge is 2.53. The predicted octanol–water partition coefficient (Wildman–Crippen LogP) is 5.56. The molecule has 5 rings (SSSR count). The zero-order valence-corrected chi connectivity index (χ0v) is 42.0. The summed E-state index contributed by atoms with van der Waals surface area (Å²) in [6, 6.07) is 13.3. The van der Waals surface area contributed by atoms with Crippen LogP contribution in [0.4, 0.5) is 23.2 Å². The van der Waals surface area contributed by atoms with Crippen LogP contribution in [0.5, 0.6) is 0 Å². The Morgan fingerprint density at radius 1 is 0.600 bits per heavy atom. The van der Waals surface area contributed by atoms with Gasteiger partial charge in [-0.05, 0) is 97.1 Å². The second-order valence-corrected chi connectivity index (χ2v) is 21.5. The molecule has 5 N–H and O–H groups in total. The highest BCUT2D eigenvalue weighted by molar-refractivity contribution is 5.95. The minimum atomic E-state index is -2.86. The summed E-state index contributed by atoms with van der Waals surface area (Å²) >= 11 is 0. The average Bonchev–Trinajstić information content (AvgIpc) is 3.25. The summed E-state index contributed by atoms with van der Waals surface area (Å²) in [6.45, 7) is 14.8. The molecule has 2 aromatic rings. The maximum atomic E-state index is 14.5. The van der Waals surface area contributed by atoms with E-state index in [0.29, 0.717) is 51.9 Å². The largest absolute Gasteiger partial charge is 0.444 e. The molecule has 2 aromatic carbocycles. The third-order valence-electron chi connectivity index (χ3n) is 12.3. The van der Waals surface area contributed by atoms with Gasteiger partial charge < -0.3 is 50.8 Å². The van der Waals surface area contributed by atoms with Crippen molar-refractivity contribution < 1.29 is 51.8 Å². The molecule has 70 heavy (non-hydrogen) atoms. The Balaban J connectivity index is 1.30. The van der Waals surface area contributed by atoms with Crippen LogP contribution in [-0.2, 0) is 41.5 Å². The van der Waals surface area contributed by atoms with Crippen LogP contribution in [-0.4, -0.2) is 144 Å². The molecule has 3 heterocycles. The molecule has 3 aliphatic heterocycles. The van der Waals surface area contributed by atoms with Gasteiger partial charge in [0.25, 0.3) is 5.92 Å². The van der Waals surface area contributed by atoms with Gasteiger partial charge in [0.1, 0.15) is 35.4 Å². The second-order valence-electron chi connectivity index (χ2n) is 21.5. The summed E-state index contributed by atoms with van der Waals surface area (Å²) in [4.78, 5) is 100.0. The fourth-order valence-electron chi connectivity index (χ4n) is 8.81. The number of rotatable bonds is 19. The number of halogens is 2. The Morgan fingerprint density at radius 3 is 1.56 bits per heavy atom. The fraction of sp³-hybridized carbons (Fsp3) is 0.627. The predicted molar refractivity (Wildman–Crippen MR) is 259 cm³/mol. The molecule has 3 saturated heterocycles. The fourth-order valence-corrected chi connectivity index (χ4v) is 8.81. The summed E-state index contributed by atoms with van der Waals surface area (Å²) < 4.78 is 37.7. The first-order valence-corrected chi connectivity index (χ1v) is 24.5. The molecule has 3 fully saturated rings. The third-order valence-corrected chi connectivity index (χ3v) is 12.3. The number of nitrogens with one attached hydrogen (secondary N) is 5. The van der Waals surface area contributed by atoms with Gasteiger partial charge in [-0.3, -0.25) is 19.2 Å². The summed E-state index contributed by atoms with van der Waals surface area (Å²) in [5.41, 5.74) is -0.287. The number of benzene rings is 2. The average molecular weight is 981 g/mol. The van der Waals surface area contributed by atoms with Crippen LogP contribution in [0.15, 0.2) is 60.7 Å². The van der Waals surface area contributed by atoms with E-state index in [1.165, 1.54) is 0 Å². The van der Waals surface area contributed by atoms with Crippen LogP contribution in [0.1, 0.15) is 105 Å². The molecule has 3 aliphatic rings. The van der Waals surface area contributed by atoms with Gasteiger partial charge in [-0.2, -0.15) is 0 Å². The van der Waals surface area contributed by atoms with Gasteiger partial charge >= 0.3 is 18.2 Å². The summed E-state index contributed by atoms with van der Waals surface area (Å²) in [5, 5.41) is 14.1. The van der Waals surface area contributed by atoms with Crippen molar-refractivity contribution in [1.29, 1.82) is 0 Å². The molecular weight excluding hydrogens is 907 g/mol. The lowest BCUT2D eigenvalue weighted by Crippen LogP contribution is -2.69. The van der Waals surface area contributed by atoms with E-state index in [1.807, 2.05) is 62.4 Å². The van der Waals surface area contributed by atoms with Crippen molar-refractivity contribution in [3.63, 3.8) is 0 Å². The van der Waals surface area contributed by atoms with Crippen molar-refractivity contribution >= 4 is 41.8 Å². The Bertz CT molecular complexity index is 2110.